The first-order valence-corrected chi connectivity index (χ1v) is 12.0. The van der Waals surface area contributed by atoms with Crippen molar-refractivity contribution in [3.05, 3.63) is 132 Å². The number of hydrogen-bond acceptors (Lipinski definition) is 0. The highest BCUT2D eigenvalue weighted by molar-refractivity contribution is 7.88. The van der Waals surface area contributed by atoms with Gasteiger partial charge in [-0.05, 0) is 47.9 Å². The van der Waals surface area contributed by atoms with Gasteiger partial charge in [0.2, 0.25) is 0 Å². The maximum atomic E-state index is 2.34. The van der Waals surface area contributed by atoms with Crippen LogP contribution in [0.3, 0.4) is 0 Å². The van der Waals surface area contributed by atoms with Crippen LogP contribution in [0.4, 0.5) is 0 Å². The summed E-state index contributed by atoms with van der Waals surface area (Å²) in [5, 5.41) is 2.96. The largest absolute Gasteiger partial charge is 1.00 e. The molecular weight excluding hydrogens is 435 g/mol. The lowest BCUT2D eigenvalue weighted by Crippen LogP contribution is -3.00. The highest BCUT2D eigenvalue weighted by Gasteiger charge is 2.43. The van der Waals surface area contributed by atoms with Crippen molar-refractivity contribution in [2.45, 2.75) is 19.2 Å². The van der Waals surface area contributed by atoms with E-state index in [-0.39, 0.29) is 17.0 Å². The third-order valence-corrected chi connectivity index (χ3v) is 9.86. The van der Waals surface area contributed by atoms with Crippen molar-refractivity contribution >= 4 is 17.9 Å². The molecule has 0 unspecified atom stereocenters. The fraction of sp³-hybridized carbons (Fsp3) is 0.111. The van der Waals surface area contributed by atoms with Gasteiger partial charge in [-0.1, -0.05) is 91.0 Å². The highest BCUT2D eigenvalue weighted by atomic mass is 79.9. The van der Waals surface area contributed by atoms with Crippen molar-refractivity contribution in [3.63, 3.8) is 0 Å². The molecule has 0 aliphatic rings. The van der Waals surface area contributed by atoms with Crippen LogP contribution in [0.5, 0.6) is 0 Å². The number of hydrogen-bond donors (Lipinski definition) is 0. The SMILES string of the molecule is Cc1ccccc1C[P+](Cc1ccccc1)(c1ccccc1)c1ccccc1.[Br-]. The molecule has 0 bridgehead atoms. The van der Waals surface area contributed by atoms with E-state index in [9.17, 15) is 0 Å². The zero-order valence-corrected chi connectivity index (χ0v) is 19.2. The van der Waals surface area contributed by atoms with Gasteiger partial charge in [0.25, 0.3) is 0 Å². The summed E-state index contributed by atoms with van der Waals surface area (Å²) in [4.78, 5) is 0. The maximum absolute atomic E-state index is 2.34. The average Bonchev–Trinajstić information content (AvgIpc) is 2.77. The second kappa shape index (κ2) is 10.0. The molecule has 0 spiro atoms. The van der Waals surface area contributed by atoms with Gasteiger partial charge in [-0.2, -0.15) is 0 Å². The van der Waals surface area contributed by atoms with Crippen molar-refractivity contribution < 1.29 is 17.0 Å². The molecule has 0 radical (unpaired) electrons. The molecule has 29 heavy (non-hydrogen) atoms. The third kappa shape index (κ3) is 4.86. The Morgan fingerprint density at radius 2 is 0.966 bits per heavy atom. The van der Waals surface area contributed by atoms with Gasteiger partial charge in [0.1, 0.15) is 0 Å². The molecule has 0 saturated carbocycles. The molecule has 0 aliphatic heterocycles. The Morgan fingerprint density at radius 3 is 1.48 bits per heavy atom. The van der Waals surface area contributed by atoms with Gasteiger partial charge < -0.3 is 17.0 Å². The molecule has 4 rings (SSSR count). The summed E-state index contributed by atoms with van der Waals surface area (Å²) in [7, 11) is -1.67. The molecule has 0 fully saturated rings. The van der Waals surface area contributed by atoms with Crippen molar-refractivity contribution in [2.75, 3.05) is 0 Å². The molecule has 146 valence electrons. The second-order valence-corrected chi connectivity index (χ2v) is 11.0. The van der Waals surface area contributed by atoms with Crippen molar-refractivity contribution in [3.8, 4) is 0 Å². The van der Waals surface area contributed by atoms with Gasteiger partial charge in [-0.25, -0.2) is 0 Å². The van der Waals surface area contributed by atoms with Crippen LogP contribution < -0.4 is 27.6 Å². The van der Waals surface area contributed by atoms with Gasteiger partial charge in [0, 0.05) is 0 Å². The molecule has 0 atom stereocenters. The van der Waals surface area contributed by atoms with Crippen LogP contribution in [0.2, 0.25) is 0 Å². The minimum absolute atomic E-state index is 0. The fourth-order valence-electron chi connectivity index (χ4n) is 3.97. The monoisotopic (exact) mass is 460 g/mol. The van der Waals surface area contributed by atoms with Crippen molar-refractivity contribution in [2.24, 2.45) is 0 Å². The van der Waals surface area contributed by atoms with Gasteiger partial charge in [-0.15, -0.1) is 0 Å². The average molecular weight is 461 g/mol. The highest BCUT2D eigenvalue weighted by Crippen LogP contribution is 2.62. The second-order valence-electron chi connectivity index (χ2n) is 7.37. The third-order valence-electron chi connectivity index (χ3n) is 5.50. The summed E-state index contributed by atoms with van der Waals surface area (Å²) in [6.45, 7) is 2.24. The Kier molecular flexibility index (Phi) is 7.42. The summed E-state index contributed by atoms with van der Waals surface area (Å²) in [6, 6.07) is 42.2. The van der Waals surface area contributed by atoms with Crippen LogP contribution >= 0.6 is 7.26 Å². The molecular formula is C27H26BrP. The Bertz CT molecular complexity index is 974. The van der Waals surface area contributed by atoms with Gasteiger partial charge in [0.15, 0.2) is 0 Å². The molecule has 0 amide bonds. The van der Waals surface area contributed by atoms with Crippen LogP contribution in [0.15, 0.2) is 115 Å². The van der Waals surface area contributed by atoms with E-state index in [0.717, 1.165) is 12.3 Å². The van der Waals surface area contributed by atoms with Crippen LogP contribution in [0.1, 0.15) is 16.7 Å². The smallest absolute Gasteiger partial charge is 0.0999 e. The lowest BCUT2D eigenvalue weighted by Gasteiger charge is -2.28. The first kappa shape index (κ1) is 21.5. The summed E-state index contributed by atoms with van der Waals surface area (Å²) in [6.07, 6.45) is 2.17. The Hall–Kier alpha value is -2.21. The molecule has 4 aromatic rings. The fourth-order valence-corrected chi connectivity index (χ4v) is 8.37. The minimum atomic E-state index is -1.67. The van der Waals surface area contributed by atoms with Crippen molar-refractivity contribution in [1.29, 1.82) is 0 Å². The van der Waals surface area contributed by atoms with E-state index in [1.54, 1.807) is 0 Å². The summed E-state index contributed by atoms with van der Waals surface area (Å²) in [5.41, 5.74) is 4.25. The number of aryl methyl sites for hydroxylation is 1. The predicted octanol–water partition coefficient (Wildman–Crippen LogP) is 3.37. The Labute approximate surface area is 185 Å². The van der Waals surface area contributed by atoms with E-state index in [4.69, 9.17) is 0 Å². The lowest BCUT2D eigenvalue weighted by molar-refractivity contribution is -0.00000561. The van der Waals surface area contributed by atoms with E-state index in [0.29, 0.717) is 0 Å². The first-order chi connectivity index (χ1) is 13.8. The topological polar surface area (TPSA) is 0 Å². The lowest BCUT2D eigenvalue weighted by atomic mass is 10.1. The number of halogens is 1. The Morgan fingerprint density at radius 1 is 0.517 bits per heavy atom. The number of benzene rings is 4. The zero-order chi connectivity index (χ0) is 19.2. The van der Waals surface area contributed by atoms with E-state index in [1.807, 2.05) is 0 Å². The normalized spacial score (nSPS) is 10.9. The van der Waals surface area contributed by atoms with Crippen LogP contribution in [-0.2, 0) is 12.3 Å². The molecule has 0 aromatic heterocycles. The van der Waals surface area contributed by atoms with E-state index < -0.39 is 7.26 Å². The maximum Gasteiger partial charge on any atom is 0.0999 e. The molecule has 4 aromatic carbocycles. The van der Waals surface area contributed by atoms with E-state index in [1.165, 1.54) is 27.3 Å². The van der Waals surface area contributed by atoms with E-state index >= 15 is 0 Å². The molecule has 0 saturated heterocycles. The van der Waals surface area contributed by atoms with Gasteiger partial charge in [0.05, 0.1) is 30.2 Å². The zero-order valence-electron chi connectivity index (χ0n) is 16.7. The van der Waals surface area contributed by atoms with Gasteiger partial charge >= 0.3 is 0 Å². The summed E-state index contributed by atoms with van der Waals surface area (Å²) < 4.78 is 0. The minimum Gasteiger partial charge on any atom is -1.00 e. The molecule has 0 aliphatic carbocycles. The van der Waals surface area contributed by atoms with Crippen molar-refractivity contribution in [1.82, 2.24) is 0 Å². The quantitative estimate of drug-likeness (QED) is 0.387. The van der Waals surface area contributed by atoms with Gasteiger partial charge in [-0.3, -0.25) is 0 Å². The van der Waals surface area contributed by atoms with E-state index in [2.05, 4.69) is 122 Å². The molecule has 0 N–H and O–H groups in total. The predicted molar refractivity (Wildman–Crippen MR) is 124 cm³/mol. The standard InChI is InChI=1S/C27H26P.BrH/c1-23-13-11-12-16-25(23)22-28(26-17-7-3-8-18-26,27-19-9-4-10-20-27)21-24-14-5-2-6-15-24;/h2-20H,21-22H2,1H3;1H/q+1;/p-1. The number of rotatable bonds is 6. The molecule has 2 heteroatoms. The summed E-state index contributed by atoms with van der Waals surface area (Å²) >= 11 is 0. The molecule has 0 nitrogen and oxygen atoms in total. The van der Waals surface area contributed by atoms with Crippen LogP contribution in [0.25, 0.3) is 0 Å². The summed E-state index contributed by atoms with van der Waals surface area (Å²) in [5.74, 6) is 0. The molecule has 0 heterocycles. The van der Waals surface area contributed by atoms with Crippen LogP contribution in [-0.4, -0.2) is 0 Å². The first-order valence-electron chi connectivity index (χ1n) is 9.85. The Balaban J connectivity index is 0.00000240. The van der Waals surface area contributed by atoms with Crippen LogP contribution in [0, 0.1) is 6.92 Å².